The molecule has 1 aromatic carbocycles. The molecular formula is C15H22N2O2. The maximum absolute atomic E-state index is 11.5. The lowest BCUT2D eigenvalue weighted by molar-refractivity contribution is -0.123. The number of hydrogen-bond acceptors (Lipinski definition) is 3. The molecular weight excluding hydrogens is 240 g/mol. The fraction of sp³-hybridized carbons (Fsp3) is 0.533. The fourth-order valence-corrected chi connectivity index (χ4v) is 2.33. The topological polar surface area (TPSA) is 64.3 Å². The summed E-state index contributed by atoms with van der Waals surface area (Å²) < 4.78 is 5.52. The third kappa shape index (κ3) is 4.24. The molecule has 0 radical (unpaired) electrons. The molecule has 0 atom stereocenters. The van der Waals surface area contributed by atoms with E-state index in [0.717, 1.165) is 25.0 Å². The second-order valence-electron chi connectivity index (χ2n) is 4.92. The van der Waals surface area contributed by atoms with Crippen LogP contribution in [-0.2, 0) is 17.6 Å². The maximum Gasteiger partial charge on any atom is 0.257 e. The molecule has 1 aliphatic carbocycles. The van der Waals surface area contributed by atoms with E-state index in [1.807, 2.05) is 6.07 Å². The zero-order valence-corrected chi connectivity index (χ0v) is 11.3. The van der Waals surface area contributed by atoms with Gasteiger partial charge in [-0.05, 0) is 61.9 Å². The van der Waals surface area contributed by atoms with Crippen LogP contribution in [0.3, 0.4) is 0 Å². The van der Waals surface area contributed by atoms with Crippen LogP contribution in [-0.4, -0.2) is 25.6 Å². The van der Waals surface area contributed by atoms with E-state index in [1.165, 1.54) is 24.0 Å². The second-order valence-corrected chi connectivity index (χ2v) is 4.92. The molecule has 19 heavy (non-hydrogen) atoms. The number of aryl methyl sites for hydroxylation is 2. The van der Waals surface area contributed by atoms with E-state index in [-0.39, 0.29) is 12.5 Å². The molecule has 1 aromatic rings. The Hall–Kier alpha value is -1.55. The Kier molecular flexibility index (Phi) is 5.21. The molecule has 0 spiro atoms. The van der Waals surface area contributed by atoms with Gasteiger partial charge in [0.15, 0.2) is 6.61 Å². The van der Waals surface area contributed by atoms with Crippen LogP contribution in [0.5, 0.6) is 5.75 Å². The van der Waals surface area contributed by atoms with Crippen molar-refractivity contribution < 1.29 is 9.53 Å². The van der Waals surface area contributed by atoms with Crippen LogP contribution in [0.25, 0.3) is 0 Å². The standard InChI is InChI=1S/C15H22N2O2/c16-8-3-9-17-15(18)11-19-14-7-6-12-4-1-2-5-13(12)10-14/h6-7,10H,1-5,8-9,11,16H2,(H,17,18). The second kappa shape index (κ2) is 7.14. The lowest BCUT2D eigenvalue weighted by Crippen LogP contribution is -2.30. The highest BCUT2D eigenvalue weighted by Gasteiger charge is 2.10. The van der Waals surface area contributed by atoms with Crippen molar-refractivity contribution in [2.24, 2.45) is 5.73 Å². The van der Waals surface area contributed by atoms with E-state index < -0.39 is 0 Å². The number of nitrogens with two attached hydrogens (primary N) is 1. The van der Waals surface area contributed by atoms with Crippen LogP contribution in [0.2, 0.25) is 0 Å². The lowest BCUT2D eigenvalue weighted by Gasteiger charge is -2.16. The summed E-state index contributed by atoms with van der Waals surface area (Å²) in [6.07, 6.45) is 5.60. The highest BCUT2D eigenvalue weighted by Crippen LogP contribution is 2.25. The molecule has 0 heterocycles. The number of rotatable bonds is 6. The van der Waals surface area contributed by atoms with E-state index in [9.17, 15) is 4.79 Å². The molecule has 0 saturated carbocycles. The average Bonchev–Trinajstić information content (AvgIpc) is 2.45. The van der Waals surface area contributed by atoms with Crippen molar-refractivity contribution in [3.8, 4) is 5.75 Å². The summed E-state index contributed by atoms with van der Waals surface area (Å²) in [7, 11) is 0. The molecule has 4 nitrogen and oxygen atoms in total. The number of fused-ring (bicyclic) bond motifs is 1. The van der Waals surface area contributed by atoms with Gasteiger partial charge < -0.3 is 15.8 Å². The molecule has 0 aromatic heterocycles. The molecule has 0 bridgehead atoms. The van der Waals surface area contributed by atoms with Crippen molar-refractivity contribution in [2.75, 3.05) is 19.7 Å². The SMILES string of the molecule is NCCCNC(=O)COc1ccc2c(c1)CCCC2. The first-order valence-electron chi connectivity index (χ1n) is 7.01. The Labute approximate surface area is 114 Å². The number of amides is 1. The Morgan fingerprint density at radius 1 is 1.26 bits per heavy atom. The van der Waals surface area contributed by atoms with Crippen LogP contribution < -0.4 is 15.8 Å². The zero-order valence-electron chi connectivity index (χ0n) is 11.3. The van der Waals surface area contributed by atoms with Crippen LogP contribution in [0.1, 0.15) is 30.4 Å². The number of carbonyl (C=O) groups is 1. The van der Waals surface area contributed by atoms with Gasteiger partial charge in [0.05, 0.1) is 0 Å². The van der Waals surface area contributed by atoms with Gasteiger partial charge in [-0.2, -0.15) is 0 Å². The molecule has 0 unspecified atom stereocenters. The van der Waals surface area contributed by atoms with Crippen LogP contribution >= 0.6 is 0 Å². The van der Waals surface area contributed by atoms with E-state index >= 15 is 0 Å². The summed E-state index contributed by atoms with van der Waals surface area (Å²) in [5, 5.41) is 2.77. The highest BCUT2D eigenvalue weighted by atomic mass is 16.5. The fourth-order valence-electron chi connectivity index (χ4n) is 2.33. The largest absolute Gasteiger partial charge is 0.484 e. The van der Waals surface area contributed by atoms with Crippen molar-refractivity contribution in [3.05, 3.63) is 29.3 Å². The van der Waals surface area contributed by atoms with Gasteiger partial charge in [0.2, 0.25) is 0 Å². The van der Waals surface area contributed by atoms with Crippen LogP contribution in [0.4, 0.5) is 0 Å². The quantitative estimate of drug-likeness (QED) is 0.762. The van der Waals surface area contributed by atoms with Crippen molar-refractivity contribution in [3.63, 3.8) is 0 Å². The lowest BCUT2D eigenvalue weighted by atomic mass is 9.92. The van der Waals surface area contributed by atoms with E-state index in [0.29, 0.717) is 13.1 Å². The summed E-state index contributed by atoms with van der Waals surface area (Å²) in [4.78, 5) is 11.5. The van der Waals surface area contributed by atoms with Crippen molar-refractivity contribution in [2.45, 2.75) is 32.1 Å². The molecule has 3 N–H and O–H groups in total. The van der Waals surface area contributed by atoms with Gasteiger partial charge in [-0.15, -0.1) is 0 Å². The monoisotopic (exact) mass is 262 g/mol. The number of carbonyl (C=O) groups excluding carboxylic acids is 1. The number of hydrogen-bond donors (Lipinski definition) is 2. The van der Waals surface area contributed by atoms with E-state index in [2.05, 4.69) is 17.4 Å². The Morgan fingerprint density at radius 3 is 2.84 bits per heavy atom. The summed E-state index contributed by atoms with van der Waals surface area (Å²) in [6.45, 7) is 1.28. The van der Waals surface area contributed by atoms with E-state index in [4.69, 9.17) is 10.5 Å². The van der Waals surface area contributed by atoms with Crippen molar-refractivity contribution in [1.29, 1.82) is 0 Å². The third-order valence-electron chi connectivity index (χ3n) is 3.39. The number of ether oxygens (including phenoxy) is 1. The molecule has 104 valence electrons. The smallest absolute Gasteiger partial charge is 0.257 e. The van der Waals surface area contributed by atoms with Gasteiger partial charge in [0, 0.05) is 6.54 Å². The van der Waals surface area contributed by atoms with Gasteiger partial charge in [0.25, 0.3) is 5.91 Å². The minimum absolute atomic E-state index is 0.0728. The summed E-state index contributed by atoms with van der Waals surface area (Å²) in [5.74, 6) is 0.695. The normalized spacial score (nSPS) is 13.7. The Bertz CT molecular complexity index is 432. The summed E-state index contributed by atoms with van der Waals surface area (Å²) in [5.41, 5.74) is 8.15. The zero-order chi connectivity index (χ0) is 13.5. The highest BCUT2D eigenvalue weighted by molar-refractivity contribution is 5.77. The van der Waals surface area contributed by atoms with Crippen molar-refractivity contribution in [1.82, 2.24) is 5.32 Å². The first-order valence-corrected chi connectivity index (χ1v) is 7.01. The van der Waals surface area contributed by atoms with Gasteiger partial charge in [-0.1, -0.05) is 6.07 Å². The molecule has 0 aliphatic heterocycles. The first-order chi connectivity index (χ1) is 9.29. The van der Waals surface area contributed by atoms with Crippen molar-refractivity contribution >= 4 is 5.91 Å². The van der Waals surface area contributed by atoms with Crippen LogP contribution in [0.15, 0.2) is 18.2 Å². The molecule has 2 rings (SSSR count). The number of benzene rings is 1. The predicted octanol–water partition coefficient (Wildman–Crippen LogP) is 1.41. The average molecular weight is 262 g/mol. The third-order valence-corrected chi connectivity index (χ3v) is 3.39. The molecule has 4 heteroatoms. The number of nitrogens with one attached hydrogen (secondary N) is 1. The maximum atomic E-state index is 11.5. The Balaban J connectivity index is 1.81. The van der Waals surface area contributed by atoms with Gasteiger partial charge in [-0.3, -0.25) is 4.79 Å². The van der Waals surface area contributed by atoms with Gasteiger partial charge in [0.1, 0.15) is 5.75 Å². The van der Waals surface area contributed by atoms with Gasteiger partial charge >= 0.3 is 0 Å². The summed E-state index contributed by atoms with van der Waals surface area (Å²) in [6, 6.07) is 6.15. The van der Waals surface area contributed by atoms with Gasteiger partial charge in [-0.25, -0.2) is 0 Å². The molecule has 1 amide bonds. The minimum Gasteiger partial charge on any atom is -0.484 e. The van der Waals surface area contributed by atoms with E-state index in [1.54, 1.807) is 0 Å². The Morgan fingerprint density at radius 2 is 2.05 bits per heavy atom. The predicted molar refractivity (Wildman–Crippen MR) is 75.3 cm³/mol. The van der Waals surface area contributed by atoms with Crippen LogP contribution in [0, 0.1) is 0 Å². The molecule has 0 saturated heterocycles. The molecule has 0 fully saturated rings. The summed E-state index contributed by atoms with van der Waals surface area (Å²) >= 11 is 0. The first kappa shape index (κ1) is 13.9. The molecule has 1 aliphatic rings. The minimum atomic E-state index is -0.0915.